The lowest BCUT2D eigenvalue weighted by Crippen LogP contribution is -2.21. The highest BCUT2D eigenvalue weighted by atomic mass is 16.4. The second-order valence-corrected chi connectivity index (χ2v) is 6.91. The molecule has 0 aromatic carbocycles. The Morgan fingerprint density at radius 2 is 1.79 bits per heavy atom. The number of nitrogens with one attached hydrogen (secondary N) is 2. The summed E-state index contributed by atoms with van der Waals surface area (Å²) in [6, 6.07) is 0.940. The van der Waals surface area contributed by atoms with E-state index in [-0.39, 0.29) is 0 Å². The van der Waals surface area contributed by atoms with Gasteiger partial charge in [-0.05, 0) is 16.7 Å². The van der Waals surface area contributed by atoms with E-state index in [1.54, 1.807) is 0 Å². The summed E-state index contributed by atoms with van der Waals surface area (Å²) in [5.41, 5.74) is 0.754. The molecular weight excluding hydrogens is 240 g/mol. The van der Waals surface area contributed by atoms with Crippen molar-refractivity contribution >= 4 is 6.01 Å². The molecule has 0 aliphatic heterocycles. The van der Waals surface area contributed by atoms with Crippen molar-refractivity contribution in [2.45, 2.75) is 54.1 Å². The molecule has 1 aromatic heterocycles. The van der Waals surface area contributed by atoms with Crippen molar-refractivity contribution in [2.75, 3.05) is 11.9 Å². The van der Waals surface area contributed by atoms with Gasteiger partial charge in [0.2, 0.25) is 5.89 Å². The number of aromatic nitrogens is 2. The summed E-state index contributed by atoms with van der Waals surface area (Å²) in [6.07, 6.45) is 0. The van der Waals surface area contributed by atoms with E-state index >= 15 is 0 Å². The molecule has 0 unspecified atom stereocenters. The minimum atomic E-state index is 0.377. The Hall–Kier alpha value is -1.10. The van der Waals surface area contributed by atoms with Gasteiger partial charge in [0.15, 0.2) is 0 Å². The monoisotopic (exact) mass is 266 g/mol. The summed E-state index contributed by atoms with van der Waals surface area (Å²) in [6.45, 7) is 14.9. The SMILES string of the molecule is CC(C)NCc1nnc(NCC2C(C)(C)C2(C)C)o1. The quantitative estimate of drug-likeness (QED) is 0.829. The topological polar surface area (TPSA) is 63.0 Å². The number of anilines is 1. The van der Waals surface area contributed by atoms with Gasteiger partial charge in [-0.25, -0.2) is 0 Å². The van der Waals surface area contributed by atoms with Gasteiger partial charge < -0.3 is 15.1 Å². The van der Waals surface area contributed by atoms with Crippen LogP contribution in [-0.2, 0) is 6.54 Å². The first-order valence-corrected chi connectivity index (χ1v) is 7.05. The van der Waals surface area contributed by atoms with Gasteiger partial charge in [-0.3, -0.25) is 0 Å². The first-order valence-electron chi connectivity index (χ1n) is 7.05. The number of rotatable bonds is 6. The zero-order valence-electron chi connectivity index (χ0n) is 12.9. The Balaban J connectivity index is 1.82. The molecule has 2 N–H and O–H groups in total. The lowest BCUT2D eigenvalue weighted by Gasteiger charge is -2.04. The molecule has 1 heterocycles. The molecule has 1 fully saturated rings. The minimum absolute atomic E-state index is 0.377. The first-order chi connectivity index (χ1) is 8.75. The molecule has 1 saturated carbocycles. The predicted octanol–water partition coefficient (Wildman–Crippen LogP) is 2.66. The Labute approximate surface area is 115 Å². The van der Waals surface area contributed by atoms with Gasteiger partial charge in [-0.2, -0.15) is 0 Å². The van der Waals surface area contributed by atoms with E-state index in [4.69, 9.17) is 4.42 Å². The number of nitrogens with zero attached hydrogens (tertiary/aromatic N) is 2. The fraction of sp³-hybridized carbons (Fsp3) is 0.857. The average molecular weight is 266 g/mol. The molecular formula is C14H26N4O. The van der Waals surface area contributed by atoms with E-state index < -0.39 is 0 Å². The lowest BCUT2D eigenvalue weighted by atomic mass is 10.0. The molecule has 0 spiro atoms. The van der Waals surface area contributed by atoms with E-state index in [0.717, 1.165) is 6.54 Å². The molecule has 1 aromatic rings. The van der Waals surface area contributed by atoms with Gasteiger partial charge in [-0.1, -0.05) is 46.6 Å². The van der Waals surface area contributed by atoms with Crippen LogP contribution in [0.3, 0.4) is 0 Å². The summed E-state index contributed by atoms with van der Waals surface area (Å²) in [4.78, 5) is 0. The highest BCUT2D eigenvalue weighted by Crippen LogP contribution is 2.68. The lowest BCUT2D eigenvalue weighted by molar-refractivity contribution is 0.456. The maximum Gasteiger partial charge on any atom is 0.315 e. The second-order valence-electron chi connectivity index (χ2n) is 6.91. The van der Waals surface area contributed by atoms with Gasteiger partial charge in [0.05, 0.1) is 6.54 Å². The van der Waals surface area contributed by atoms with E-state index in [9.17, 15) is 0 Å². The maximum absolute atomic E-state index is 5.55. The van der Waals surface area contributed by atoms with Gasteiger partial charge >= 0.3 is 6.01 Å². The summed E-state index contributed by atoms with van der Waals surface area (Å²) in [5.74, 6) is 1.27. The minimum Gasteiger partial charge on any atom is -0.407 e. The predicted molar refractivity (Wildman–Crippen MR) is 75.8 cm³/mol. The van der Waals surface area contributed by atoms with Crippen molar-refractivity contribution in [3.63, 3.8) is 0 Å². The first kappa shape index (κ1) is 14.3. The Bertz CT molecular complexity index is 422. The van der Waals surface area contributed by atoms with Crippen LogP contribution in [0.4, 0.5) is 6.01 Å². The highest BCUT2D eigenvalue weighted by Gasteiger charge is 2.64. The smallest absolute Gasteiger partial charge is 0.315 e. The van der Waals surface area contributed by atoms with E-state index in [1.807, 2.05) is 0 Å². The van der Waals surface area contributed by atoms with Gasteiger partial charge in [0.1, 0.15) is 0 Å². The molecule has 0 bridgehead atoms. The molecule has 0 saturated heterocycles. The molecule has 1 aliphatic carbocycles. The summed E-state index contributed by atoms with van der Waals surface area (Å²) < 4.78 is 5.55. The number of hydrogen-bond donors (Lipinski definition) is 2. The van der Waals surface area contributed by atoms with Crippen LogP contribution in [0.1, 0.15) is 47.4 Å². The fourth-order valence-corrected chi connectivity index (χ4v) is 2.72. The zero-order valence-corrected chi connectivity index (χ0v) is 12.9. The largest absolute Gasteiger partial charge is 0.407 e. The van der Waals surface area contributed by atoms with Crippen molar-refractivity contribution in [3.8, 4) is 0 Å². The third-order valence-electron chi connectivity index (χ3n) is 4.91. The van der Waals surface area contributed by atoms with Crippen LogP contribution >= 0.6 is 0 Å². The van der Waals surface area contributed by atoms with E-state index in [0.29, 0.717) is 41.2 Å². The average Bonchev–Trinajstić information content (AvgIpc) is 2.69. The standard InChI is InChI=1S/C14H26N4O/c1-9(2)15-8-11-17-18-12(19-11)16-7-10-13(3,4)14(10,5)6/h9-10,15H,7-8H2,1-6H3,(H,16,18). The van der Waals surface area contributed by atoms with Crippen LogP contribution in [0.15, 0.2) is 4.42 Å². The van der Waals surface area contributed by atoms with E-state index in [2.05, 4.69) is 62.4 Å². The van der Waals surface area contributed by atoms with Crippen molar-refractivity contribution in [1.29, 1.82) is 0 Å². The Kier molecular flexibility index (Phi) is 3.60. The Morgan fingerprint density at radius 1 is 1.16 bits per heavy atom. The molecule has 5 heteroatoms. The fourth-order valence-electron chi connectivity index (χ4n) is 2.72. The van der Waals surface area contributed by atoms with Gasteiger partial charge in [-0.15, -0.1) is 5.10 Å². The van der Waals surface area contributed by atoms with Crippen LogP contribution in [0.25, 0.3) is 0 Å². The van der Waals surface area contributed by atoms with E-state index in [1.165, 1.54) is 0 Å². The van der Waals surface area contributed by atoms with Crippen LogP contribution in [0.5, 0.6) is 0 Å². The second kappa shape index (κ2) is 4.78. The maximum atomic E-state index is 5.55. The molecule has 108 valence electrons. The third-order valence-corrected chi connectivity index (χ3v) is 4.91. The highest BCUT2D eigenvalue weighted by molar-refractivity contribution is 5.22. The molecule has 1 aliphatic rings. The zero-order chi connectivity index (χ0) is 14.3. The molecule has 2 rings (SSSR count). The van der Waals surface area contributed by atoms with Crippen LogP contribution < -0.4 is 10.6 Å². The molecule has 0 atom stereocenters. The molecule has 0 amide bonds. The summed E-state index contributed by atoms with van der Waals surface area (Å²) in [7, 11) is 0. The van der Waals surface area contributed by atoms with Gasteiger partial charge in [0, 0.05) is 12.6 Å². The summed E-state index contributed by atoms with van der Waals surface area (Å²) in [5, 5.41) is 14.6. The third kappa shape index (κ3) is 2.76. The summed E-state index contributed by atoms with van der Waals surface area (Å²) >= 11 is 0. The van der Waals surface area contributed by atoms with Crippen molar-refractivity contribution in [1.82, 2.24) is 15.5 Å². The van der Waals surface area contributed by atoms with Crippen molar-refractivity contribution < 1.29 is 4.42 Å². The number of hydrogen-bond acceptors (Lipinski definition) is 5. The normalized spacial score (nSPS) is 20.8. The molecule has 19 heavy (non-hydrogen) atoms. The molecule has 0 radical (unpaired) electrons. The van der Waals surface area contributed by atoms with Crippen LogP contribution in [-0.4, -0.2) is 22.8 Å². The molecule has 5 nitrogen and oxygen atoms in total. The van der Waals surface area contributed by atoms with Gasteiger partial charge in [0.25, 0.3) is 0 Å². The van der Waals surface area contributed by atoms with Crippen LogP contribution in [0.2, 0.25) is 0 Å². The Morgan fingerprint density at radius 3 is 2.32 bits per heavy atom. The van der Waals surface area contributed by atoms with Crippen molar-refractivity contribution in [2.24, 2.45) is 16.7 Å². The van der Waals surface area contributed by atoms with Crippen LogP contribution in [0, 0.1) is 16.7 Å². The van der Waals surface area contributed by atoms with Crippen molar-refractivity contribution in [3.05, 3.63) is 5.89 Å².